The van der Waals surface area contributed by atoms with E-state index >= 15 is 0 Å². The highest BCUT2D eigenvalue weighted by Gasteiger charge is 2.29. The van der Waals surface area contributed by atoms with Crippen molar-refractivity contribution in [1.82, 2.24) is 14.9 Å². The van der Waals surface area contributed by atoms with Crippen LogP contribution < -0.4 is 5.32 Å². The van der Waals surface area contributed by atoms with Crippen LogP contribution in [0, 0.1) is 0 Å². The number of likely N-dealkylation sites (tertiary alicyclic amines) is 1. The molecule has 4 aromatic rings. The van der Waals surface area contributed by atoms with Crippen LogP contribution in [0.1, 0.15) is 35.4 Å². The number of fused-ring (bicyclic) bond motifs is 1. The van der Waals surface area contributed by atoms with Gasteiger partial charge >= 0.3 is 11.8 Å². The Bertz CT molecular complexity index is 1270. The molecular weight excluding hydrogens is 412 g/mol. The van der Waals surface area contributed by atoms with Gasteiger partial charge in [-0.05, 0) is 60.1 Å². The van der Waals surface area contributed by atoms with E-state index in [0.717, 1.165) is 35.0 Å². The summed E-state index contributed by atoms with van der Waals surface area (Å²) in [6.07, 6.45) is 6.14. The van der Waals surface area contributed by atoms with Crippen molar-refractivity contribution in [1.29, 1.82) is 0 Å². The monoisotopic (exact) mass is 438 g/mol. The van der Waals surface area contributed by atoms with Crippen molar-refractivity contribution in [2.45, 2.75) is 25.2 Å². The number of H-pyrrole nitrogens is 1. The van der Waals surface area contributed by atoms with Gasteiger partial charge in [-0.25, -0.2) is 4.98 Å². The summed E-state index contributed by atoms with van der Waals surface area (Å²) in [5, 5.41) is 3.98. The largest absolute Gasteiger partial charge is 0.346 e. The van der Waals surface area contributed by atoms with Gasteiger partial charge in [0.1, 0.15) is 5.65 Å². The molecule has 0 aliphatic carbocycles. The highest BCUT2D eigenvalue weighted by Crippen LogP contribution is 2.32. The van der Waals surface area contributed by atoms with Crippen LogP contribution in [-0.4, -0.2) is 39.8 Å². The maximum absolute atomic E-state index is 12.9. The zero-order valence-corrected chi connectivity index (χ0v) is 18.3. The number of hydrogen-bond acceptors (Lipinski definition) is 3. The molecule has 2 amide bonds. The van der Waals surface area contributed by atoms with E-state index in [0.29, 0.717) is 31.1 Å². The van der Waals surface area contributed by atoms with Gasteiger partial charge in [-0.2, -0.15) is 0 Å². The second-order valence-corrected chi connectivity index (χ2v) is 8.48. The van der Waals surface area contributed by atoms with Crippen molar-refractivity contribution in [3.8, 4) is 0 Å². The molecule has 1 aliphatic rings. The molecule has 2 aromatic heterocycles. The fourth-order valence-corrected chi connectivity index (χ4v) is 4.64. The predicted octanol–water partition coefficient (Wildman–Crippen LogP) is 4.50. The minimum absolute atomic E-state index is 0.349. The second kappa shape index (κ2) is 9.28. The Balaban J connectivity index is 1.22. The van der Waals surface area contributed by atoms with Gasteiger partial charge in [0, 0.05) is 36.6 Å². The average molecular weight is 439 g/mol. The van der Waals surface area contributed by atoms with Crippen LogP contribution in [0.3, 0.4) is 0 Å². The summed E-state index contributed by atoms with van der Waals surface area (Å²) in [6.45, 7) is 1.13. The normalized spacial score (nSPS) is 14.4. The van der Waals surface area contributed by atoms with Crippen LogP contribution in [0.15, 0.2) is 79.1 Å². The summed E-state index contributed by atoms with van der Waals surface area (Å²) in [5.74, 6) is -0.699. The van der Waals surface area contributed by atoms with Crippen molar-refractivity contribution >= 4 is 28.5 Å². The molecule has 6 nitrogen and oxygen atoms in total. The van der Waals surface area contributed by atoms with Gasteiger partial charge in [-0.1, -0.05) is 48.5 Å². The lowest BCUT2D eigenvalue weighted by Gasteiger charge is -2.31. The number of aromatic nitrogens is 2. The van der Waals surface area contributed by atoms with Gasteiger partial charge in [0.25, 0.3) is 0 Å². The van der Waals surface area contributed by atoms with Gasteiger partial charge in [-0.3, -0.25) is 9.59 Å². The molecule has 0 atom stereocenters. The lowest BCUT2D eigenvalue weighted by atomic mass is 9.89. The van der Waals surface area contributed by atoms with Crippen LogP contribution in [-0.2, 0) is 16.0 Å². The number of anilines is 1. The first-order valence-electron chi connectivity index (χ1n) is 11.3. The first kappa shape index (κ1) is 20.9. The topological polar surface area (TPSA) is 78.1 Å². The number of benzene rings is 2. The first-order chi connectivity index (χ1) is 16.2. The lowest BCUT2D eigenvalue weighted by Crippen LogP contribution is -2.43. The zero-order valence-electron chi connectivity index (χ0n) is 18.3. The van der Waals surface area contributed by atoms with E-state index in [4.69, 9.17) is 0 Å². The Kier molecular flexibility index (Phi) is 5.89. The Morgan fingerprint density at radius 2 is 1.73 bits per heavy atom. The fourth-order valence-electron chi connectivity index (χ4n) is 4.64. The van der Waals surface area contributed by atoms with E-state index < -0.39 is 11.8 Å². The van der Waals surface area contributed by atoms with Crippen molar-refractivity contribution in [3.05, 3.63) is 95.8 Å². The molecule has 0 spiro atoms. The number of piperidine rings is 1. The van der Waals surface area contributed by atoms with Crippen molar-refractivity contribution in [2.75, 3.05) is 18.4 Å². The molecule has 0 bridgehead atoms. The third kappa shape index (κ3) is 4.51. The molecule has 2 N–H and O–H groups in total. The molecular formula is C27H26N4O2. The summed E-state index contributed by atoms with van der Waals surface area (Å²) in [5.41, 5.74) is 4.95. The van der Waals surface area contributed by atoms with Crippen molar-refractivity contribution in [3.63, 3.8) is 0 Å². The first-order valence-corrected chi connectivity index (χ1v) is 11.3. The molecule has 3 heterocycles. The van der Waals surface area contributed by atoms with E-state index in [1.807, 2.05) is 54.7 Å². The molecule has 166 valence electrons. The van der Waals surface area contributed by atoms with E-state index in [1.165, 1.54) is 5.56 Å². The van der Waals surface area contributed by atoms with Gasteiger partial charge in [0.05, 0.1) is 0 Å². The van der Waals surface area contributed by atoms with Crippen molar-refractivity contribution < 1.29 is 9.59 Å². The molecule has 0 saturated carbocycles. The zero-order chi connectivity index (χ0) is 22.6. The summed E-state index contributed by atoms with van der Waals surface area (Å²) in [7, 11) is 0. The fraction of sp³-hybridized carbons (Fsp3) is 0.222. The molecule has 2 aromatic carbocycles. The molecule has 1 aliphatic heterocycles. The van der Waals surface area contributed by atoms with E-state index in [2.05, 4.69) is 33.5 Å². The van der Waals surface area contributed by atoms with Gasteiger partial charge in [0.15, 0.2) is 0 Å². The average Bonchev–Trinajstić information content (AvgIpc) is 3.30. The Labute approximate surface area is 192 Å². The Morgan fingerprint density at radius 1 is 0.970 bits per heavy atom. The van der Waals surface area contributed by atoms with E-state index in [1.54, 1.807) is 11.1 Å². The van der Waals surface area contributed by atoms with Crippen LogP contribution in [0.2, 0.25) is 0 Å². The maximum atomic E-state index is 12.9. The quantitative estimate of drug-likeness (QED) is 0.461. The molecule has 6 heteroatoms. The molecule has 1 saturated heterocycles. The summed E-state index contributed by atoms with van der Waals surface area (Å²) < 4.78 is 0. The summed E-state index contributed by atoms with van der Waals surface area (Å²) >= 11 is 0. The van der Waals surface area contributed by atoms with E-state index in [-0.39, 0.29) is 0 Å². The highest BCUT2D eigenvalue weighted by atomic mass is 16.2. The van der Waals surface area contributed by atoms with Gasteiger partial charge in [-0.15, -0.1) is 0 Å². The number of rotatable bonds is 4. The smallest absolute Gasteiger partial charge is 0.313 e. The number of nitrogens with one attached hydrogen (secondary N) is 2. The molecule has 0 radical (unpaired) electrons. The van der Waals surface area contributed by atoms with Gasteiger partial charge in [0.2, 0.25) is 0 Å². The lowest BCUT2D eigenvalue weighted by molar-refractivity contribution is -0.143. The Morgan fingerprint density at radius 3 is 2.55 bits per heavy atom. The number of amides is 2. The number of hydrogen-bond donors (Lipinski definition) is 2. The number of carbonyl (C=O) groups excluding carboxylic acids is 2. The minimum atomic E-state index is -0.578. The van der Waals surface area contributed by atoms with Gasteiger partial charge < -0.3 is 15.2 Å². The standard InChI is InChI=1S/C27H26N4O2/c32-26(30-24-11-5-4-9-21(24)17-19-7-2-1-3-8-19)27(33)31-15-12-20(13-16-31)23-18-29-25-22(23)10-6-14-28-25/h1-11,14,18,20H,12-13,15-17H2,(H,28,29)(H,30,32). The third-order valence-corrected chi connectivity index (χ3v) is 6.40. The minimum Gasteiger partial charge on any atom is -0.346 e. The summed E-state index contributed by atoms with van der Waals surface area (Å²) in [6, 6.07) is 21.7. The number of pyridine rings is 1. The van der Waals surface area contributed by atoms with Crippen molar-refractivity contribution in [2.24, 2.45) is 0 Å². The summed E-state index contributed by atoms with van der Waals surface area (Å²) in [4.78, 5) is 34.9. The van der Waals surface area contributed by atoms with Crippen LogP contribution in [0.4, 0.5) is 5.69 Å². The SMILES string of the molecule is O=C(Nc1ccccc1Cc1ccccc1)C(=O)N1CCC(c2c[nH]c3ncccc23)CC1. The Hall–Kier alpha value is -3.93. The number of para-hydroxylation sites is 1. The molecule has 33 heavy (non-hydrogen) atoms. The highest BCUT2D eigenvalue weighted by molar-refractivity contribution is 6.39. The van der Waals surface area contributed by atoms with Crippen LogP contribution in [0.5, 0.6) is 0 Å². The molecule has 1 fully saturated rings. The molecule has 5 rings (SSSR count). The van der Waals surface area contributed by atoms with Crippen LogP contribution in [0.25, 0.3) is 11.0 Å². The third-order valence-electron chi connectivity index (χ3n) is 6.40. The maximum Gasteiger partial charge on any atom is 0.313 e. The van der Waals surface area contributed by atoms with E-state index in [9.17, 15) is 9.59 Å². The number of nitrogens with zero attached hydrogens (tertiary/aromatic N) is 2. The van der Waals surface area contributed by atoms with Crippen LogP contribution >= 0.6 is 0 Å². The number of carbonyl (C=O) groups is 2. The predicted molar refractivity (Wildman–Crippen MR) is 129 cm³/mol. The molecule has 0 unspecified atom stereocenters. The second-order valence-electron chi connectivity index (χ2n) is 8.48. The number of aromatic amines is 1.